The van der Waals surface area contributed by atoms with Crippen molar-refractivity contribution in [3.05, 3.63) is 93.8 Å². The Morgan fingerprint density at radius 2 is 1.65 bits per heavy atom. The van der Waals surface area contributed by atoms with Crippen molar-refractivity contribution in [3.63, 3.8) is 0 Å². The van der Waals surface area contributed by atoms with Crippen molar-refractivity contribution in [2.24, 2.45) is 0 Å². The molecule has 0 aliphatic carbocycles. The fourth-order valence-corrected chi connectivity index (χ4v) is 4.05. The van der Waals surface area contributed by atoms with Crippen LogP contribution in [0, 0.1) is 13.8 Å². The van der Waals surface area contributed by atoms with Crippen molar-refractivity contribution >= 4 is 34.7 Å². The maximum Gasteiger partial charge on any atom is 0.300 e. The topological polar surface area (TPSA) is 90.7 Å². The maximum absolute atomic E-state index is 13.1. The van der Waals surface area contributed by atoms with Crippen LogP contribution in [0.1, 0.15) is 28.3 Å². The number of pyridine rings is 1. The maximum atomic E-state index is 13.1. The van der Waals surface area contributed by atoms with Crippen molar-refractivity contribution < 1.29 is 19.8 Å². The number of benzene rings is 2. The third-order valence-corrected chi connectivity index (χ3v) is 5.47. The number of hydrogen-bond acceptors (Lipinski definition) is 5. The molecule has 1 fully saturated rings. The summed E-state index contributed by atoms with van der Waals surface area (Å²) in [5.74, 6) is -1.98. The lowest BCUT2D eigenvalue weighted by molar-refractivity contribution is -0.132. The number of amides is 1. The standard InChI is InChI=1S/C24H19ClN2O4/c1-13-9-14(2)11-17(10-13)27-21(16-3-4-19(28)18(25)12-16)20(23(30)24(27)31)22(29)15-5-7-26-8-6-15/h3-12,21,28-29H,1-2H3/b22-20-. The van der Waals surface area contributed by atoms with Crippen molar-refractivity contribution in [2.75, 3.05) is 4.90 Å². The molecule has 3 aromatic rings. The van der Waals surface area contributed by atoms with Gasteiger partial charge in [-0.25, -0.2) is 0 Å². The number of halogens is 1. The Kier molecular flexibility index (Phi) is 5.25. The highest BCUT2D eigenvalue weighted by atomic mass is 35.5. The molecule has 1 aliphatic heterocycles. The number of aryl methyl sites for hydroxylation is 2. The molecule has 1 aliphatic rings. The first kappa shape index (κ1) is 20.6. The predicted octanol–water partition coefficient (Wildman–Crippen LogP) is 4.68. The van der Waals surface area contributed by atoms with Crippen LogP contribution < -0.4 is 4.90 Å². The molecule has 1 unspecified atom stereocenters. The molecule has 0 spiro atoms. The fourth-order valence-electron chi connectivity index (χ4n) is 3.86. The van der Waals surface area contributed by atoms with Crippen molar-refractivity contribution in [3.8, 4) is 5.75 Å². The van der Waals surface area contributed by atoms with Gasteiger partial charge in [-0.05, 0) is 66.9 Å². The molecule has 1 atom stereocenters. The number of aromatic hydroxyl groups is 1. The molecule has 1 aromatic heterocycles. The average Bonchev–Trinajstić information content (AvgIpc) is 3.00. The third kappa shape index (κ3) is 3.66. The van der Waals surface area contributed by atoms with Gasteiger partial charge in [0.05, 0.1) is 16.6 Å². The van der Waals surface area contributed by atoms with E-state index < -0.39 is 17.7 Å². The lowest BCUT2D eigenvalue weighted by Crippen LogP contribution is -2.29. The van der Waals surface area contributed by atoms with E-state index in [1.54, 1.807) is 30.3 Å². The Hall–Kier alpha value is -3.64. The first-order valence-corrected chi connectivity index (χ1v) is 9.94. The zero-order valence-corrected chi connectivity index (χ0v) is 17.6. The van der Waals surface area contributed by atoms with E-state index in [1.807, 2.05) is 19.9 Å². The SMILES string of the molecule is Cc1cc(C)cc(N2C(=O)C(=O)/C(=C(\O)c3ccncc3)C2c2ccc(O)c(Cl)c2)c1. The van der Waals surface area contributed by atoms with E-state index in [0.29, 0.717) is 16.8 Å². The summed E-state index contributed by atoms with van der Waals surface area (Å²) < 4.78 is 0. The summed E-state index contributed by atoms with van der Waals surface area (Å²) >= 11 is 6.13. The van der Waals surface area contributed by atoms with Gasteiger partial charge in [-0.2, -0.15) is 0 Å². The number of aliphatic hydroxyl groups is 1. The number of nitrogens with zero attached hydrogens (tertiary/aromatic N) is 2. The molecular weight excluding hydrogens is 416 g/mol. The van der Waals surface area contributed by atoms with Crippen molar-refractivity contribution in [1.82, 2.24) is 4.98 Å². The second-order valence-corrected chi connectivity index (χ2v) is 7.87. The molecule has 0 saturated carbocycles. The number of hydrogen-bond donors (Lipinski definition) is 2. The van der Waals surface area contributed by atoms with E-state index in [9.17, 15) is 19.8 Å². The second kappa shape index (κ2) is 7.89. The van der Waals surface area contributed by atoms with Gasteiger partial charge in [0.15, 0.2) is 0 Å². The lowest BCUT2D eigenvalue weighted by atomic mass is 9.95. The number of phenols is 1. The Bertz CT molecular complexity index is 1220. The van der Waals surface area contributed by atoms with E-state index in [1.165, 1.54) is 29.4 Å². The van der Waals surface area contributed by atoms with Crippen LogP contribution in [0.3, 0.4) is 0 Å². The van der Waals surface area contributed by atoms with Crippen LogP contribution in [0.2, 0.25) is 5.02 Å². The zero-order valence-electron chi connectivity index (χ0n) is 16.8. The fraction of sp³-hybridized carbons (Fsp3) is 0.125. The molecule has 2 aromatic carbocycles. The molecule has 0 radical (unpaired) electrons. The highest BCUT2D eigenvalue weighted by molar-refractivity contribution is 6.51. The smallest absolute Gasteiger partial charge is 0.300 e. The summed E-state index contributed by atoms with van der Waals surface area (Å²) in [6, 6.07) is 12.2. The minimum absolute atomic E-state index is 0.0582. The first-order valence-electron chi connectivity index (χ1n) is 9.56. The Balaban J connectivity index is 1.99. The summed E-state index contributed by atoms with van der Waals surface area (Å²) in [5.41, 5.74) is 3.17. The highest BCUT2D eigenvalue weighted by Gasteiger charge is 2.47. The molecule has 2 heterocycles. The van der Waals surface area contributed by atoms with Gasteiger partial charge in [-0.1, -0.05) is 23.7 Å². The van der Waals surface area contributed by atoms with Gasteiger partial charge < -0.3 is 10.2 Å². The molecule has 4 rings (SSSR count). The van der Waals surface area contributed by atoms with E-state index in [2.05, 4.69) is 4.98 Å². The summed E-state index contributed by atoms with van der Waals surface area (Å²) in [4.78, 5) is 31.5. The third-order valence-electron chi connectivity index (χ3n) is 5.17. The van der Waals surface area contributed by atoms with Crippen LogP contribution in [0.4, 0.5) is 5.69 Å². The Morgan fingerprint density at radius 1 is 1.00 bits per heavy atom. The van der Waals surface area contributed by atoms with Crippen LogP contribution in [-0.4, -0.2) is 26.9 Å². The largest absolute Gasteiger partial charge is 0.507 e. The van der Waals surface area contributed by atoms with Crippen LogP contribution in [-0.2, 0) is 9.59 Å². The normalized spacial score (nSPS) is 17.9. The molecule has 6 nitrogen and oxygen atoms in total. The van der Waals surface area contributed by atoms with Crippen molar-refractivity contribution in [2.45, 2.75) is 19.9 Å². The number of phenolic OH excluding ortho intramolecular Hbond substituents is 1. The number of aliphatic hydroxyl groups excluding tert-OH is 1. The second-order valence-electron chi connectivity index (χ2n) is 7.46. The molecule has 2 N–H and O–H groups in total. The zero-order chi connectivity index (χ0) is 22.3. The first-order chi connectivity index (χ1) is 14.8. The number of carbonyl (C=O) groups is 2. The van der Waals surface area contributed by atoms with Gasteiger partial charge in [0, 0.05) is 23.6 Å². The monoisotopic (exact) mass is 434 g/mol. The quantitative estimate of drug-likeness (QED) is 0.354. The highest BCUT2D eigenvalue weighted by Crippen LogP contribution is 2.43. The summed E-state index contributed by atoms with van der Waals surface area (Å²) in [5, 5.41) is 20.9. The van der Waals surface area contributed by atoms with Gasteiger partial charge in [0.1, 0.15) is 11.5 Å². The molecule has 7 heteroatoms. The van der Waals surface area contributed by atoms with Crippen LogP contribution in [0.5, 0.6) is 5.75 Å². The van der Waals surface area contributed by atoms with Gasteiger partial charge in [0.25, 0.3) is 11.7 Å². The van der Waals surface area contributed by atoms with Crippen LogP contribution >= 0.6 is 11.6 Å². The lowest BCUT2D eigenvalue weighted by Gasteiger charge is -2.26. The predicted molar refractivity (Wildman–Crippen MR) is 118 cm³/mol. The average molecular weight is 435 g/mol. The van der Waals surface area contributed by atoms with E-state index in [4.69, 9.17) is 11.6 Å². The molecule has 156 valence electrons. The Morgan fingerprint density at radius 3 is 2.26 bits per heavy atom. The van der Waals surface area contributed by atoms with E-state index in [-0.39, 0.29) is 22.1 Å². The number of Topliss-reactive ketones (excluding diaryl/α,β-unsaturated/α-hetero) is 1. The molecule has 1 amide bonds. The number of ketones is 1. The van der Waals surface area contributed by atoms with E-state index >= 15 is 0 Å². The number of aromatic nitrogens is 1. The molecule has 31 heavy (non-hydrogen) atoms. The summed E-state index contributed by atoms with van der Waals surface area (Å²) in [6.45, 7) is 3.80. The van der Waals surface area contributed by atoms with E-state index in [0.717, 1.165) is 11.1 Å². The minimum Gasteiger partial charge on any atom is -0.507 e. The molecule has 0 bridgehead atoms. The van der Waals surface area contributed by atoms with Crippen molar-refractivity contribution in [1.29, 1.82) is 0 Å². The van der Waals surface area contributed by atoms with Gasteiger partial charge in [-0.15, -0.1) is 0 Å². The minimum atomic E-state index is -0.924. The molecule has 1 saturated heterocycles. The Labute approximate surface area is 184 Å². The number of anilines is 1. The van der Waals surface area contributed by atoms with Crippen LogP contribution in [0.15, 0.2) is 66.5 Å². The van der Waals surface area contributed by atoms with Crippen LogP contribution in [0.25, 0.3) is 5.76 Å². The van der Waals surface area contributed by atoms with Gasteiger partial charge in [0.2, 0.25) is 0 Å². The van der Waals surface area contributed by atoms with Gasteiger partial charge >= 0.3 is 0 Å². The number of rotatable bonds is 3. The number of carbonyl (C=O) groups excluding carboxylic acids is 2. The summed E-state index contributed by atoms with van der Waals surface area (Å²) in [7, 11) is 0. The molecular formula is C24H19ClN2O4. The van der Waals surface area contributed by atoms with Gasteiger partial charge in [-0.3, -0.25) is 19.5 Å². The summed E-state index contributed by atoms with van der Waals surface area (Å²) in [6.07, 6.45) is 2.98.